The minimum Gasteiger partial charge on any atom is -0.481 e. The van der Waals surface area contributed by atoms with Gasteiger partial charge >= 0.3 is 5.97 Å². The first-order valence-corrected chi connectivity index (χ1v) is 5.73. The smallest absolute Gasteiger partial charge is 0.303 e. The average molecular weight is 229 g/mol. The molecule has 0 aliphatic heterocycles. The summed E-state index contributed by atoms with van der Waals surface area (Å²) in [6, 6.07) is 10.0. The summed E-state index contributed by atoms with van der Waals surface area (Å²) in [4.78, 5) is 14.9. The molecule has 0 radical (unpaired) electrons. The monoisotopic (exact) mass is 229 g/mol. The highest BCUT2D eigenvalue weighted by molar-refractivity contribution is 5.78. The second-order valence-electron chi connectivity index (χ2n) is 4.29. The molecule has 0 aliphatic rings. The normalized spacial score (nSPS) is 12.5. The zero-order valence-corrected chi connectivity index (χ0v) is 9.76. The molecule has 1 unspecified atom stereocenters. The molecule has 1 heterocycles. The molecular formula is C14H15NO2. The largest absolute Gasteiger partial charge is 0.481 e. The van der Waals surface area contributed by atoms with Crippen LogP contribution in [0.4, 0.5) is 0 Å². The fourth-order valence-corrected chi connectivity index (χ4v) is 1.86. The van der Waals surface area contributed by atoms with Crippen LogP contribution in [0.25, 0.3) is 10.9 Å². The molecule has 0 saturated carbocycles. The predicted octanol–water partition coefficient (Wildman–Crippen LogP) is 3.20. The van der Waals surface area contributed by atoms with Crippen molar-refractivity contribution in [2.75, 3.05) is 0 Å². The topological polar surface area (TPSA) is 50.2 Å². The maximum absolute atomic E-state index is 10.5. The maximum Gasteiger partial charge on any atom is 0.303 e. The Morgan fingerprint density at radius 1 is 1.41 bits per heavy atom. The highest BCUT2D eigenvalue weighted by atomic mass is 16.4. The predicted molar refractivity (Wildman–Crippen MR) is 67.0 cm³/mol. The molecule has 17 heavy (non-hydrogen) atoms. The van der Waals surface area contributed by atoms with Gasteiger partial charge < -0.3 is 5.11 Å². The van der Waals surface area contributed by atoms with Crippen LogP contribution in [0, 0.1) is 0 Å². The third kappa shape index (κ3) is 2.81. The van der Waals surface area contributed by atoms with Gasteiger partial charge in [-0.2, -0.15) is 0 Å². The lowest BCUT2D eigenvalue weighted by molar-refractivity contribution is -0.137. The number of hydrogen-bond acceptors (Lipinski definition) is 2. The lowest BCUT2D eigenvalue weighted by atomic mass is 9.96. The van der Waals surface area contributed by atoms with E-state index in [1.54, 1.807) is 0 Å². The van der Waals surface area contributed by atoms with E-state index in [1.807, 2.05) is 37.4 Å². The van der Waals surface area contributed by atoms with Gasteiger partial charge in [0.2, 0.25) is 0 Å². The third-order valence-corrected chi connectivity index (χ3v) is 2.97. The van der Waals surface area contributed by atoms with E-state index in [0.29, 0.717) is 6.42 Å². The van der Waals surface area contributed by atoms with Crippen LogP contribution in [-0.2, 0) is 4.79 Å². The molecule has 1 aromatic heterocycles. The Labute approximate surface area is 100 Å². The average Bonchev–Trinajstić information content (AvgIpc) is 2.35. The summed E-state index contributed by atoms with van der Waals surface area (Å²) >= 11 is 0. The molecule has 0 aliphatic carbocycles. The van der Waals surface area contributed by atoms with E-state index >= 15 is 0 Å². The molecule has 0 amide bonds. The van der Waals surface area contributed by atoms with Crippen LogP contribution >= 0.6 is 0 Å². The van der Waals surface area contributed by atoms with Crippen molar-refractivity contribution in [2.45, 2.75) is 25.7 Å². The van der Waals surface area contributed by atoms with Gasteiger partial charge in [0, 0.05) is 18.0 Å². The van der Waals surface area contributed by atoms with E-state index < -0.39 is 5.97 Å². The molecule has 0 bridgehead atoms. The number of pyridine rings is 1. The molecule has 1 atom stereocenters. The fourth-order valence-electron chi connectivity index (χ4n) is 1.86. The van der Waals surface area contributed by atoms with E-state index in [2.05, 4.69) is 11.1 Å². The zero-order chi connectivity index (χ0) is 12.3. The summed E-state index contributed by atoms with van der Waals surface area (Å²) in [6.45, 7) is 2.04. The Bertz CT molecular complexity index is 536. The first-order valence-electron chi connectivity index (χ1n) is 5.73. The molecule has 1 N–H and O–H groups in total. The molecule has 88 valence electrons. The van der Waals surface area contributed by atoms with Crippen LogP contribution in [0.3, 0.4) is 0 Å². The van der Waals surface area contributed by atoms with Crippen LogP contribution in [-0.4, -0.2) is 16.1 Å². The molecule has 1 aromatic carbocycles. The van der Waals surface area contributed by atoms with Gasteiger partial charge in [-0.05, 0) is 30.0 Å². The van der Waals surface area contributed by atoms with Crippen molar-refractivity contribution >= 4 is 16.9 Å². The molecule has 3 heteroatoms. The van der Waals surface area contributed by atoms with Gasteiger partial charge in [-0.3, -0.25) is 9.78 Å². The van der Waals surface area contributed by atoms with Gasteiger partial charge in [0.15, 0.2) is 0 Å². The van der Waals surface area contributed by atoms with Gasteiger partial charge in [0.1, 0.15) is 0 Å². The van der Waals surface area contributed by atoms with Gasteiger partial charge in [0.05, 0.1) is 5.52 Å². The number of carboxylic acids is 1. The highest BCUT2D eigenvalue weighted by Gasteiger charge is 2.09. The standard InChI is InChI=1S/C14H15NO2/c1-10(6-7-14(16)17)12-8-11-4-2-3-5-13(11)15-9-12/h2-5,8-10H,6-7H2,1H3,(H,16,17). The first kappa shape index (κ1) is 11.6. The molecule has 0 spiro atoms. The number of para-hydroxylation sites is 1. The number of carbonyl (C=O) groups is 1. The Balaban J connectivity index is 2.20. The number of aromatic nitrogens is 1. The molecule has 0 saturated heterocycles. The summed E-state index contributed by atoms with van der Waals surface area (Å²) in [7, 11) is 0. The van der Waals surface area contributed by atoms with Crippen molar-refractivity contribution in [3.63, 3.8) is 0 Å². The second kappa shape index (κ2) is 4.95. The Morgan fingerprint density at radius 2 is 2.18 bits per heavy atom. The lowest BCUT2D eigenvalue weighted by Gasteiger charge is -2.10. The number of hydrogen-bond donors (Lipinski definition) is 1. The summed E-state index contributed by atoms with van der Waals surface area (Å²) < 4.78 is 0. The van der Waals surface area contributed by atoms with E-state index in [-0.39, 0.29) is 12.3 Å². The number of benzene rings is 1. The number of carboxylic acid groups (broad SMARTS) is 1. The van der Waals surface area contributed by atoms with Crippen molar-refractivity contribution in [1.82, 2.24) is 4.98 Å². The first-order chi connectivity index (χ1) is 8.16. The minimum atomic E-state index is -0.745. The van der Waals surface area contributed by atoms with E-state index in [1.165, 1.54) is 0 Å². The Morgan fingerprint density at radius 3 is 2.94 bits per heavy atom. The Kier molecular flexibility index (Phi) is 3.38. The molecular weight excluding hydrogens is 214 g/mol. The molecule has 3 nitrogen and oxygen atoms in total. The summed E-state index contributed by atoms with van der Waals surface area (Å²) in [5.74, 6) is -0.520. The maximum atomic E-state index is 10.5. The van der Waals surface area contributed by atoms with Gasteiger partial charge in [-0.25, -0.2) is 0 Å². The second-order valence-corrected chi connectivity index (χ2v) is 4.29. The summed E-state index contributed by atoms with van der Waals surface area (Å²) in [5.41, 5.74) is 2.08. The van der Waals surface area contributed by atoms with Crippen LogP contribution < -0.4 is 0 Å². The van der Waals surface area contributed by atoms with Crippen LogP contribution in [0.5, 0.6) is 0 Å². The molecule has 0 fully saturated rings. The van der Waals surface area contributed by atoms with Gasteiger partial charge in [0.25, 0.3) is 0 Å². The van der Waals surface area contributed by atoms with Gasteiger partial charge in [-0.1, -0.05) is 25.1 Å². The van der Waals surface area contributed by atoms with Crippen LogP contribution in [0.1, 0.15) is 31.2 Å². The summed E-state index contributed by atoms with van der Waals surface area (Å²) in [5, 5.41) is 9.77. The van der Waals surface area contributed by atoms with Crippen molar-refractivity contribution in [2.24, 2.45) is 0 Å². The number of aliphatic carboxylic acids is 1. The van der Waals surface area contributed by atoms with E-state index in [0.717, 1.165) is 16.5 Å². The van der Waals surface area contributed by atoms with Crippen molar-refractivity contribution < 1.29 is 9.90 Å². The highest BCUT2D eigenvalue weighted by Crippen LogP contribution is 2.23. The number of nitrogens with zero attached hydrogens (tertiary/aromatic N) is 1. The quantitative estimate of drug-likeness (QED) is 0.875. The van der Waals surface area contributed by atoms with Crippen molar-refractivity contribution in [3.05, 3.63) is 42.1 Å². The lowest BCUT2D eigenvalue weighted by Crippen LogP contribution is -2.00. The van der Waals surface area contributed by atoms with Crippen LogP contribution in [0.2, 0.25) is 0 Å². The SMILES string of the molecule is CC(CCC(=O)O)c1cnc2ccccc2c1. The third-order valence-electron chi connectivity index (χ3n) is 2.97. The minimum absolute atomic E-state index is 0.202. The molecule has 2 aromatic rings. The van der Waals surface area contributed by atoms with E-state index in [4.69, 9.17) is 5.11 Å². The Hall–Kier alpha value is -1.90. The summed E-state index contributed by atoms with van der Waals surface area (Å²) in [6.07, 6.45) is 2.69. The van der Waals surface area contributed by atoms with E-state index in [9.17, 15) is 4.79 Å². The fraction of sp³-hybridized carbons (Fsp3) is 0.286. The van der Waals surface area contributed by atoms with Gasteiger partial charge in [-0.15, -0.1) is 0 Å². The van der Waals surface area contributed by atoms with Crippen molar-refractivity contribution in [1.29, 1.82) is 0 Å². The number of rotatable bonds is 4. The van der Waals surface area contributed by atoms with Crippen LogP contribution in [0.15, 0.2) is 36.5 Å². The number of fused-ring (bicyclic) bond motifs is 1. The molecule has 2 rings (SSSR count). The zero-order valence-electron chi connectivity index (χ0n) is 9.76. The van der Waals surface area contributed by atoms with Crippen molar-refractivity contribution in [3.8, 4) is 0 Å².